The van der Waals surface area contributed by atoms with Crippen LogP contribution in [0, 0.1) is 5.92 Å². The average molecular weight is 415 g/mol. The summed E-state index contributed by atoms with van der Waals surface area (Å²) in [5.74, 6) is 3.01. The van der Waals surface area contributed by atoms with Gasteiger partial charge in [0.1, 0.15) is 0 Å². The van der Waals surface area contributed by atoms with Gasteiger partial charge in [-0.1, -0.05) is 32.0 Å². The molecular formula is C23H34N4O3. The predicted octanol–water partition coefficient (Wildman–Crippen LogP) is 3.51. The highest BCUT2D eigenvalue weighted by Crippen LogP contribution is 2.38. The van der Waals surface area contributed by atoms with E-state index in [2.05, 4.69) is 46.9 Å². The molecule has 2 aromatic carbocycles. The van der Waals surface area contributed by atoms with Crippen LogP contribution in [0.2, 0.25) is 0 Å². The predicted molar refractivity (Wildman–Crippen MR) is 123 cm³/mol. The van der Waals surface area contributed by atoms with E-state index in [9.17, 15) is 0 Å². The molecule has 164 valence electrons. The van der Waals surface area contributed by atoms with Crippen LogP contribution in [-0.4, -0.2) is 46.9 Å². The van der Waals surface area contributed by atoms with Gasteiger partial charge in [-0.25, -0.2) is 0 Å². The van der Waals surface area contributed by atoms with E-state index in [1.54, 1.807) is 28.4 Å². The Bertz CT molecular complexity index is 784. The molecule has 0 saturated carbocycles. The van der Waals surface area contributed by atoms with Crippen molar-refractivity contribution < 1.29 is 14.2 Å². The Morgan fingerprint density at radius 1 is 0.933 bits per heavy atom. The molecule has 0 aliphatic rings. The maximum atomic E-state index is 5.43. The Kier molecular flexibility index (Phi) is 9.12. The van der Waals surface area contributed by atoms with Gasteiger partial charge in [0, 0.05) is 31.9 Å². The van der Waals surface area contributed by atoms with Crippen molar-refractivity contribution in [2.75, 3.05) is 40.2 Å². The smallest absolute Gasteiger partial charge is 0.203 e. The summed E-state index contributed by atoms with van der Waals surface area (Å²) in [4.78, 5) is 4.34. The maximum absolute atomic E-state index is 5.43. The molecule has 7 heteroatoms. The molecular weight excluding hydrogens is 380 g/mol. The van der Waals surface area contributed by atoms with Gasteiger partial charge in [0.25, 0.3) is 0 Å². The van der Waals surface area contributed by atoms with Gasteiger partial charge in [0.05, 0.1) is 21.3 Å². The Morgan fingerprint density at radius 2 is 1.57 bits per heavy atom. The number of benzene rings is 2. The van der Waals surface area contributed by atoms with Gasteiger partial charge in [-0.05, 0) is 35.7 Å². The zero-order valence-electron chi connectivity index (χ0n) is 18.8. The summed E-state index contributed by atoms with van der Waals surface area (Å²) in [5, 5.41) is 10.3. The van der Waals surface area contributed by atoms with Crippen LogP contribution in [0.1, 0.15) is 19.4 Å². The first-order valence-electron chi connectivity index (χ1n) is 10.1. The number of para-hydroxylation sites is 1. The Balaban J connectivity index is 1.98. The molecule has 0 bridgehead atoms. The molecule has 7 nitrogen and oxygen atoms in total. The van der Waals surface area contributed by atoms with Gasteiger partial charge in [-0.3, -0.25) is 4.99 Å². The quantitative estimate of drug-likeness (QED) is 0.408. The van der Waals surface area contributed by atoms with Crippen molar-refractivity contribution in [3.8, 4) is 17.2 Å². The molecule has 0 aromatic heterocycles. The van der Waals surface area contributed by atoms with Gasteiger partial charge in [0.2, 0.25) is 5.75 Å². The van der Waals surface area contributed by atoms with Crippen LogP contribution in [0.3, 0.4) is 0 Å². The highest BCUT2D eigenvalue weighted by atomic mass is 16.5. The van der Waals surface area contributed by atoms with Crippen molar-refractivity contribution >= 4 is 11.6 Å². The van der Waals surface area contributed by atoms with Crippen LogP contribution in [0.25, 0.3) is 0 Å². The number of aliphatic imine (C=N–C) groups is 1. The summed E-state index contributed by atoms with van der Waals surface area (Å²) >= 11 is 0. The molecule has 0 saturated heterocycles. The van der Waals surface area contributed by atoms with Gasteiger partial charge in [-0.15, -0.1) is 0 Å². The molecule has 1 atom stereocenters. The van der Waals surface area contributed by atoms with E-state index in [-0.39, 0.29) is 6.04 Å². The van der Waals surface area contributed by atoms with Gasteiger partial charge >= 0.3 is 0 Å². The number of anilines is 1. The van der Waals surface area contributed by atoms with Crippen molar-refractivity contribution in [3.63, 3.8) is 0 Å². The molecule has 0 radical (unpaired) electrons. The van der Waals surface area contributed by atoms with Crippen LogP contribution < -0.4 is 30.2 Å². The summed E-state index contributed by atoms with van der Waals surface area (Å²) in [5.41, 5.74) is 2.11. The van der Waals surface area contributed by atoms with E-state index in [1.807, 2.05) is 30.3 Å². The average Bonchev–Trinajstić information content (AvgIpc) is 2.77. The lowest BCUT2D eigenvalue weighted by molar-refractivity contribution is 0.323. The van der Waals surface area contributed by atoms with Crippen molar-refractivity contribution in [3.05, 3.63) is 48.0 Å². The number of ether oxygens (including phenoxy) is 3. The number of guanidine groups is 1. The van der Waals surface area contributed by atoms with E-state index >= 15 is 0 Å². The monoisotopic (exact) mass is 414 g/mol. The third-order valence-electron chi connectivity index (χ3n) is 4.83. The molecule has 0 aliphatic heterocycles. The Morgan fingerprint density at radius 3 is 2.07 bits per heavy atom. The molecule has 2 rings (SSSR count). The second-order valence-corrected chi connectivity index (χ2v) is 7.20. The van der Waals surface area contributed by atoms with E-state index in [0.29, 0.717) is 29.7 Å². The minimum absolute atomic E-state index is 0.257. The number of nitrogens with one attached hydrogen (secondary N) is 3. The molecule has 3 N–H and O–H groups in total. The SMILES string of the molecule is CN=C(NCc1cc(OC)c(OC)c(OC)c1)NCC(Nc1ccccc1)C(C)C. The van der Waals surface area contributed by atoms with Crippen LogP contribution in [0.4, 0.5) is 5.69 Å². The first-order chi connectivity index (χ1) is 14.5. The fourth-order valence-corrected chi connectivity index (χ4v) is 3.05. The fourth-order valence-electron chi connectivity index (χ4n) is 3.05. The van der Waals surface area contributed by atoms with Crippen LogP contribution in [-0.2, 0) is 6.54 Å². The number of hydrogen-bond donors (Lipinski definition) is 3. The second-order valence-electron chi connectivity index (χ2n) is 7.20. The first kappa shape index (κ1) is 23.2. The van der Waals surface area contributed by atoms with E-state index in [1.165, 1.54) is 0 Å². The summed E-state index contributed by atoms with van der Waals surface area (Å²) < 4.78 is 16.2. The summed E-state index contributed by atoms with van der Waals surface area (Å²) in [6.07, 6.45) is 0. The Hall–Kier alpha value is -3.09. The summed E-state index contributed by atoms with van der Waals surface area (Å²) in [6, 6.07) is 14.3. The van der Waals surface area contributed by atoms with Crippen LogP contribution >= 0.6 is 0 Å². The topological polar surface area (TPSA) is 76.1 Å². The third-order valence-corrected chi connectivity index (χ3v) is 4.83. The van der Waals surface area contributed by atoms with E-state index < -0.39 is 0 Å². The molecule has 0 spiro atoms. The fraction of sp³-hybridized carbons (Fsp3) is 0.435. The number of methoxy groups -OCH3 is 3. The van der Waals surface area contributed by atoms with Gasteiger partial charge < -0.3 is 30.2 Å². The van der Waals surface area contributed by atoms with E-state index in [0.717, 1.165) is 23.8 Å². The lowest BCUT2D eigenvalue weighted by atomic mass is 10.0. The van der Waals surface area contributed by atoms with Crippen molar-refractivity contribution in [1.29, 1.82) is 0 Å². The maximum Gasteiger partial charge on any atom is 0.203 e. The van der Waals surface area contributed by atoms with Crippen molar-refractivity contribution in [2.45, 2.75) is 26.4 Å². The summed E-state index contributed by atoms with van der Waals surface area (Å²) in [7, 11) is 6.58. The highest BCUT2D eigenvalue weighted by molar-refractivity contribution is 5.79. The van der Waals surface area contributed by atoms with E-state index in [4.69, 9.17) is 14.2 Å². The molecule has 0 amide bonds. The lowest BCUT2D eigenvalue weighted by Gasteiger charge is -2.25. The molecule has 0 heterocycles. The van der Waals surface area contributed by atoms with Gasteiger partial charge in [-0.2, -0.15) is 0 Å². The lowest BCUT2D eigenvalue weighted by Crippen LogP contribution is -2.44. The third kappa shape index (κ3) is 6.47. The zero-order valence-corrected chi connectivity index (χ0v) is 18.8. The highest BCUT2D eigenvalue weighted by Gasteiger charge is 2.15. The Labute approximate surface area is 179 Å². The minimum Gasteiger partial charge on any atom is -0.493 e. The van der Waals surface area contributed by atoms with Crippen LogP contribution in [0.5, 0.6) is 17.2 Å². The number of hydrogen-bond acceptors (Lipinski definition) is 5. The molecule has 0 fully saturated rings. The van der Waals surface area contributed by atoms with Crippen molar-refractivity contribution in [1.82, 2.24) is 10.6 Å². The minimum atomic E-state index is 0.257. The molecule has 2 aromatic rings. The zero-order chi connectivity index (χ0) is 21.9. The summed E-state index contributed by atoms with van der Waals surface area (Å²) in [6.45, 7) is 5.71. The molecule has 30 heavy (non-hydrogen) atoms. The number of nitrogens with zero attached hydrogens (tertiary/aromatic N) is 1. The first-order valence-corrected chi connectivity index (χ1v) is 10.1. The normalized spacial score (nSPS) is 12.3. The largest absolute Gasteiger partial charge is 0.493 e. The molecule has 0 aliphatic carbocycles. The second kappa shape index (κ2) is 11.8. The standard InChI is InChI=1S/C23H34N4O3/c1-16(2)19(27-18-10-8-7-9-11-18)15-26-23(24-3)25-14-17-12-20(28-4)22(30-6)21(13-17)29-5/h7-13,16,19,27H,14-15H2,1-6H3,(H2,24,25,26). The molecule has 1 unspecified atom stereocenters. The van der Waals surface area contributed by atoms with Gasteiger partial charge in [0.15, 0.2) is 17.5 Å². The number of rotatable bonds is 10. The van der Waals surface area contributed by atoms with Crippen molar-refractivity contribution in [2.24, 2.45) is 10.9 Å². The van der Waals surface area contributed by atoms with Crippen LogP contribution in [0.15, 0.2) is 47.5 Å².